The summed E-state index contributed by atoms with van der Waals surface area (Å²) in [6.07, 6.45) is 2.40. The van der Waals surface area contributed by atoms with E-state index in [-0.39, 0.29) is 24.3 Å². The Morgan fingerprint density at radius 2 is 1.83 bits per heavy atom. The average Bonchev–Trinajstić information content (AvgIpc) is 2.77. The van der Waals surface area contributed by atoms with Gasteiger partial charge in [0.2, 0.25) is 0 Å². The van der Waals surface area contributed by atoms with Crippen LogP contribution < -0.4 is 10.1 Å². The van der Waals surface area contributed by atoms with Crippen molar-refractivity contribution in [3.05, 3.63) is 65.2 Å². The fourth-order valence-electron chi connectivity index (χ4n) is 3.56. The number of ketones is 1. The molecule has 1 aliphatic carbocycles. The second-order valence-corrected chi connectivity index (χ2v) is 7.37. The molecule has 6 nitrogen and oxygen atoms in total. The van der Waals surface area contributed by atoms with Crippen molar-refractivity contribution >= 4 is 17.7 Å². The van der Waals surface area contributed by atoms with Crippen LogP contribution in [-0.4, -0.2) is 30.4 Å². The highest BCUT2D eigenvalue weighted by molar-refractivity contribution is 5.95. The van der Waals surface area contributed by atoms with Crippen molar-refractivity contribution in [1.82, 2.24) is 5.32 Å². The molecule has 2 unspecified atom stereocenters. The van der Waals surface area contributed by atoms with Gasteiger partial charge in [0.1, 0.15) is 5.75 Å². The van der Waals surface area contributed by atoms with Crippen LogP contribution in [0.25, 0.3) is 0 Å². The average molecular weight is 409 g/mol. The summed E-state index contributed by atoms with van der Waals surface area (Å²) < 4.78 is 10.6. The molecule has 0 saturated heterocycles. The van der Waals surface area contributed by atoms with Gasteiger partial charge < -0.3 is 14.8 Å². The van der Waals surface area contributed by atoms with E-state index >= 15 is 0 Å². The third-order valence-corrected chi connectivity index (χ3v) is 5.22. The van der Waals surface area contributed by atoms with E-state index in [1.165, 1.54) is 5.56 Å². The zero-order valence-corrected chi connectivity index (χ0v) is 17.4. The monoisotopic (exact) mass is 409 g/mol. The van der Waals surface area contributed by atoms with Gasteiger partial charge in [-0.15, -0.1) is 0 Å². The number of benzene rings is 2. The molecule has 6 heteroatoms. The molecule has 0 bridgehead atoms. The molecule has 2 atom stereocenters. The van der Waals surface area contributed by atoms with Crippen LogP contribution in [0, 0.1) is 0 Å². The van der Waals surface area contributed by atoms with Crippen LogP contribution in [-0.2, 0) is 20.7 Å². The number of carbonyl (C=O) groups is 3. The molecule has 0 spiro atoms. The number of ether oxygens (including phenoxy) is 2. The summed E-state index contributed by atoms with van der Waals surface area (Å²) in [5.74, 6) is -0.459. The molecule has 0 aliphatic heterocycles. The summed E-state index contributed by atoms with van der Waals surface area (Å²) in [6.45, 7) is 3.03. The van der Waals surface area contributed by atoms with E-state index in [1.54, 1.807) is 38.1 Å². The van der Waals surface area contributed by atoms with Gasteiger partial charge in [-0.2, -0.15) is 0 Å². The minimum atomic E-state index is -0.917. The standard InChI is InChI=1S/C24H27NO5/c1-3-22(26)18-11-13-19(14-12-18)29-15-23(27)30-16(2)24(28)25-21-10-6-8-17-7-4-5-9-20(17)21/h4-5,7,9,11-14,16,21H,3,6,8,10,15H2,1-2H3,(H,25,28). The van der Waals surface area contributed by atoms with Crippen LogP contribution >= 0.6 is 0 Å². The summed E-state index contributed by atoms with van der Waals surface area (Å²) in [7, 11) is 0. The molecular weight excluding hydrogens is 382 g/mol. The van der Waals surface area contributed by atoms with Gasteiger partial charge in [0.15, 0.2) is 18.5 Å². The summed E-state index contributed by atoms with van der Waals surface area (Å²) >= 11 is 0. The number of nitrogens with one attached hydrogen (secondary N) is 1. The Morgan fingerprint density at radius 3 is 2.57 bits per heavy atom. The highest BCUT2D eigenvalue weighted by Gasteiger charge is 2.25. The number of fused-ring (bicyclic) bond motifs is 1. The van der Waals surface area contributed by atoms with Crippen molar-refractivity contribution in [1.29, 1.82) is 0 Å². The first-order valence-electron chi connectivity index (χ1n) is 10.3. The lowest BCUT2D eigenvalue weighted by Crippen LogP contribution is -2.39. The van der Waals surface area contributed by atoms with Crippen LogP contribution in [0.15, 0.2) is 48.5 Å². The zero-order chi connectivity index (χ0) is 21.5. The first-order valence-corrected chi connectivity index (χ1v) is 10.3. The van der Waals surface area contributed by atoms with E-state index in [1.807, 2.05) is 18.2 Å². The van der Waals surface area contributed by atoms with Crippen molar-refractivity contribution in [2.75, 3.05) is 6.61 Å². The second kappa shape index (κ2) is 10.1. The Balaban J connectivity index is 1.47. The Labute approximate surface area is 176 Å². The molecule has 0 aromatic heterocycles. The predicted molar refractivity (Wildman–Crippen MR) is 112 cm³/mol. The summed E-state index contributed by atoms with van der Waals surface area (Å²) in [5, 5.41) is 2.99. The van der Waals surface area contributed by atoms with Crippen molar-refractivity contribution < 1.29 is 23.9 Å². The first-order chi connectivity index (χ1) is 14.5. The van der Waals surface area contributed by atoms with Crippen molar-refractivity contribution in [2.24, 2.45) is 0 Å². The maximum absolute atomic E-state index is 12.5. The molecule has 30 heavy (non-hydrogen) atoms. The topological polar surface area (TPSA) is 81.7 Å². The molecule has 1 amide bonds. The molecule has 158 valence electrons. The molecular formula is C24H27NO5. The summed E-state index contributed by atoms with van der Waals surface area (Å²) in [4.78, 5) is 36.2. The normalized spacial score (nSPS) is 16.1. The van der Waals surface area contributed by atoms with Gasteiger partial charge in [-0.25, -0.2) is 4.79 Å². The SMILES string of the molecule is CCC(=O)c1ccc(OCC(=O)OC(C)C(=O)NC2CCCc3ccccc32)cc1. The fraction of sp³-hybridized carbons (Fsp3) is 0.375. The van der Waals surface area contributed by atoms with E-state index in [2.05, 4.69) is 11.4 Å². The van der Waals surface area contributed by atoms with Gasteiger partial charge in [-0.05, 0) is 61.6 Å². The Hall–Kier alpha value is -3.15. The van der Waals surface area contributed by atoms with Crippen LogP contribution in [0.1, 0.15) is 60.6 Å². The Bertz CT molecular complexity index is 906. The summed E-state index contributed by atoms with van der Waals surface area (Å²) in [6, 6.07) is 14.6. The lowest BCUT2D eigenvalue weighted by atomic mass is 9.87. The molecule has 2 aromatic carbocycles. The molecule has 0 radical (unpaired) electrons. The molecule has 1 aliphatic rings. The number of Topliss-reactive ketones (excluding diaryl/α,β-unsaturated/α-hetero) is 1. The molecule has 0 fully saturated rings. The highest BCUT2D eigenvalue weighted by Crippen LogP contribution is 2.29. The number of hydrogen-bond donors (Lipinski definition) is 1. The second-order valence-electron chi connectivity index (χ2n) is 7.37. The zero-order valence-electron chi connectivity index (χ0n) is 17.4. The smallest absolute Gasteiger partial charge is 0.344 e. The summed E-state index contributed by atoms with van der Waals surface area (Å²) in [5.41, 5.74) is 2.98. The predicted octanol–water partition coefficient (Wildman–Crippen LogP) is 3.78. The van der Waals surface area contributed by atoms with Crippen molar-refractivity contribution in [3.8, 4) is 5.75 Å². The van der Waals surface area contributed by atoms with Gasteiger partial charge in [0, 0.05) is 12.0 Å². The Morgan fingerprint density at radius 1 is 1.10 bits per heavy atom. The third kappa shape index (κ3) is 5.47. The van der Waals surface area contributed by atoms with Crippen molar-refractivity contribution in [2.45, 2.75) is 51.7 Å². The third-order valence-electron chi connectivity index (χ3n) is 5.22. The van der Waals surface area contributed by atoms with E-state index in [4.69, 9.17) is 9.47 Å². The number of hydrogen-bond acceptors (Lipinski definition) is 5. The van der Waals surface area contributed by atoms with Gasteiger partial charge >= 0.3 is 5.97 Å². The Kier molecular flexibility index (Phi) is 7.22. The van der Waals surface area contributed by atoms with Crippen LogP contribution in [0.2, 0.25) is 0 Å². The van der Waals surface area contributed by atoms with Gasteiger partial charge in [0.05, 0.1) is 6.04 Å². The van der Waals surface area contributed by atoms with Crippen LogP contribution in [0.5, 0.6) is 5.75 Å². The fourth-order valence-corrected chi connectivity index (χ4v) is 3.56. The van der Waals surface area contributed by atoms with E-state index in [0.717, 1.165) is 24.8 Å². The minimum absolute atomic E-state index is 0.0430. The minimum Gasteiger partial charge on any atom is -0.482 e. The lowest BCUT2D eigenvalue weighted by molar-refractivity contribution is -0.156. The molecule has 0 heterocycles. The van der Waals surface area contributed by atoms with Crippen molar-refractivity contribution in [3.63, 3.8) is 0 Å². The van der Waals surface area contributed by atoms with E-state index < -0.39 is 12.1 Å². The first kappa shape index (κ1) is 21.6. The molecule has 1 N–H and O–H groups in total. The molecule has 3 rings (SSSR count). The number of amides is 1. The number of rotatable bonds is 8. The van der Waals surface area contributed by atoms with Crippen LogP contribution in [0.3, 0.4) is 0 Å². The quantitative estimate of drug-likeness (QED) is 0.530. The maximum atomic E-state index is 12.5. The molecule has 2 aromatic rings. The maximum Gasteiger partial charge on any atom is 0.344 e. The van der Waals surface area contributed by atoms with Gasteiger partial charge in [0.25, 0.3) is 5.91 Å². The highest BCUT2D eigenvalue weighted by atomic mass is 16.6. The largest absolute Gasteiger partial charge is 0.482 e. The van der Waals surface area contributed by atoms with Gasteiger partial charge in [-0.1, -0.05) is 31.2 Å². The lowest BCUT2D eigenvalue weighted by Gasteiger charge is -2.27. The van der Waals surface area contributed by atoms with E-state index in [0.29, 0.717) is 17.7 Å². The number of carbonyl (C=O) groups excluding carboxylic acids is 3. The van der Waals surface area contributed by atoms with Gasteiger partial charge in [-0.3, -0.25) is 9.59 Å². The number of aryl methyl sites for hydroxylation is 1. The molecule has 0 saturated carbocycles. The number of esters is 1. The van der Waals surface area contributed by atoms with Crippen LogP contribution in [0.4, 0.5) is 0 Å². The van der Waals surface area contributed by atoms with E-state index in [9.17, 15) is 14.4 Å².